The first-order valence-electron chi connectivity index (χ1n) is 13.2. The lowest BCUT2D eigenvalue weighted by Crippen LogP contribution is -2.48. The maximum Gasteiger partial charge on any atom is 0.307 e. The van der Waals surface area contributed by atoms with Gasteiger partial charge in [0.05, 0.1) is 18.8 Å². The summed E-state index contributed by atoms with van der Waals surface area (Å²) in [6.45, 7) is 1.98. The molecule has 10 nitrogen and oxygen atoms in total. The Labute approximate surface area is 239 Å². The first kappa shape index (κ1) is 32.4. The number of para-hydroxylation sites is 1. The van der Waals surface area contributed by atoms with Crippen LogP contribution in [0, 0.1) is 0 Å². The summed E-state index contributed by atoms with van der Waals surface area (Å²) in [5.74, 6) is -1.66. The van der Waals surface area contributed by atoms with Crippen LogP contribution in [-0.2, 0) is 35.3 Å². The molecule has 1 unspecified atom stereocenters. The van der Waals surface area contributed by atoms with Crippen molar-refractivity contribution in [2.75, 3.05) is 24.7 Å². The number of methoxy groups -OCH3 is 1. The molecule has 2 atom stereocenters. The predicted octanol–water partition coefficient (Wildman–Crippen LogP) is 2.79. The lowest BCUT2D eigenvalue weighted by molar-refractivity contribution is -0.141. The van der Waals surface area contributed by atoms with Gasteiger partial charge in [0.25, 0.3) is 0 Å². The lowest BCUT2D eigenvalue weighted by atomic mass is 10.2. The number of benzene rings is 2. The van der Waals surface area contributed by atoms with Crippen molar-refractivity contribution in [2.24, 2.45) is 0 Å². The molecule has 0 saturated carbocycles. The van der Waals surface area contributed by atoms with Crippen molar-refractivity contribution < 1.29 is 28.7 Å². The number of nitrogens with one attached hydrogen (secondary N) is 4. The molecule has 0 bridgehead atoms. The zero-order valence-corrected chi connectivity index (χ0v) is 23.8. The lowest BCUT2D eigenvalue weighted by Gasteiger charge is -2.21. The van der Waals surface area contributed by atoms with E-state index in [2.05, 4.69) is 21.3 Å². The number of hydrogen-bond donors (Lipinski definition) is 4. The van der Waals surface area contributed by atoms with Gasteiger partial charge in [-0.05, 0) is 30.5 Å². The minimum absolute atomic E-state index is 0.0636. The molecule has 2 aromatic carbocycles. The molecular formula is C29H38N4O6S. The number of carbonyl (C=O) groups excluding carboxylic acids is 5. The number of anilines is 1. The summed E-state index contributed by atoms with van der Waals surface area (Å²) in [5.41, 5.74) is 1.66. The fourth-order valence-electron chi connectivity index (χ4n) is 3.67. The molecule has 0 aliphatic carbocycles. The summed E-state index contributed by atoms with van der Waals surface area (Å²) in [6, 6.07) is 17.7. The van der Waals surface area contributed by atoms with Crippen molar-refractivity contribution >= 4 is 47.0 Å². The Bertz CT molecular complexity index is 1100. The van der Waals surface area contributed by atoms with E-state index in [0.717, 1.165) is 29.4 Å². The van der Waals surface area contributed by atoms with E-state index in [1.807, 2.05) is 60.7 Å². The van der Waals surface area contributed by atoms with E-state index in [1.165, 1.54) is 14.0 Å². The third-order valence-electron chi connectivity index (χ3n) is 5.78. The SMILES string of the molecule is COC(=O)CC(SC[C@H](NC(C)=O)C(=O)NCc1ccccc1)C(=O)NCCCCCC(=O)Nc1ccccc1. The smallest absolute Gasteiger partial charge is 0.307 e. The summed E-state index contributed by atoms with van der Waals surface area (Å²) in [6.07, 6.45) is 2.27. The van der Waals surface area contributed by atoms with Crippen molar-refractivity contribution in [3.05, 3.63) is 66.2 Å². The molecule has 0 radical (unpaired) electrons. The van der Waals surface area contributed by atoms with Crippen molar-refractivity contribution in [3.63, 3.8) is 0 Å². The average Bonchev–Trinajstić information content (AvgIpc) is 2.95. The number of carbonyl (C=O) groups is 5. The minimum atomic E-state index is -0.888. The van der Waals surface area contributed by atoms with E-state index in [4.69, 9.17) is 4.74 Å². The number of rotatable bonds is 17. The van der Waals surface area contributed by atoms with Crippen LogP contribution in [0.1, 0.15) is 44.6 Å². The van der Waals surface area contributed by atoms with E-state index in [0.29, 0.717) is 32.4 Å². The molecule has 0 heterocycles. The third-order valence-corrected chi connectivity index (χ3v) is 7.09. The second-order valence-electron chi connectivity index (χ2n) is 9.07. The van der Waals surface area contributed by atoms with Gasteiger partial charge < -0.3 is 26.0 Å². The standard InChI is InChI=1S/C29H38N4O6S/c1-21(34)32-24(28(37)31-19-22-12-6-3-7-13-22)20-40-25(18-27(36)39-2)29(38)30-17-11-5-10-16-26(35)33-23-14-8-4-9-15-23/h3-4,6-9,12-15,24-25H,5,10-11,16-20H2,1-2H3,(H,30,38)(H,31,37)(H,32,34)(H,33,35)/t24-,25?/m0/s1. The highest BCUT2D eigenvalue weighted by Crippen LogP contribution is 2.18. The minimum Gasteiger partial charge on any atom is -0.469 e. The van der Waals surface area contributed by atoms with E-state index in [-0.39, 0.29) is 35.8 Å². The van der Waals surface area contributed by atoms with E-state index >= 15 is 0 Å². The first-order chi connectivity index (χ1) is 19.3. The van der Waals surface area contributed by atoms with Gasteiger partial charge in [-0.25, -0.2) is 0 Å². The van der Waals surface area contributed by atoms with Crippen molar-refractivity contribution in [1.82, 2.24) is 16.0 Å². The van der Waals surface area contributed by atoms with E-state index in [1.54, 1.807) is 0 Å². The predicted molar refractivity (Wildman–Crippen MR) is 155 cm³/mol. The van der Waals surface area contributed by atoms with Crippen molar-refractivity contribution in [1.29, 1.82) is 0 Å². The number of esters is 1. The van der Waals surface area contributed by atoms with Crippen LogP contribution in [0.2, 0.25) is 0 Å². The van der Waals surface area contributed by atoms with Crippen LogP contribution in [-0.4, -0.2) is 60.3 Å². The molecule has 2 rings (SSSR count). The maximum atomic E-state index is 12.9. The quantitative estimate of drug-likeness (QED) is 0.169. The zero-order chi connectivity index (χ0) is 29.2. The Morgan fingerprint density at radius 2 is 1.52 bits per heavy atom. The number of unbranched alkanes of at least 4 members (excludes halogenated alkanes) is 2. The molecule has 4 amide bonds. The molecule has 11 heteroatoms. The van der Waals surface area contributed by atoms with Gasteiger partial charge in [0, 0.05) is 37.9 Å². The summed E-state index contributed by atoms with van der Waals surface area (Å²) in [4.78, 5) is 61.4. The van der Waals surface area contributed by atoms with Crippen LogP contribution in [0.5, 0.6) is 0 Å². The second-order valence-corrected chi connectivity index (χ2v) is 10.3. The summed E-state index contributed by atoms with van der Waals surface area (Å²) in [7, 11) is 1.24. The summed E-state index contributed by atoms with van der Waals surface area (Å²) < 4.78 is 4.74. The molecule has 0 saturated heterocycles. The van der Waals surface area contributed by atoms with Gasteiger partial charge in [0.15, 0.2) is 0 Å². The van der Waals surface area contributed by atoms with Crippen LogP contribution in [0.4, 0.5) is 5.69 Å². The van der Waals surface area contributed by atoms with Gasteiger partial charge in [-0.15, -0.1) is 11.8 Å². The molecule has 0 spiro atoms. The van der Waals surface area contributed by atoms with Gasteiger partial charge in [0.1, 0.15) is 6.04 Å². The third kappa shape index (κ3) is 13.3. The largest absolute Gasteiger partial charge is 0.469 e. The van der Waals surface area contributed by atoms with Gasteiger partial charge in [-0.1, -0.05) is 55.0 Å². The molecule has 0 aromatic heterocycles. The second kappa shape index (κ2) is 18.4. The molecule has 0 aliphatic rings. The highest BCUT2D eigenvalue weighted by molar-refractivity contribution is 8.00. The number of thioether (sulfide) groups is 1. The molecular weight excluding hydrogens is 532 g/mol. The average molecular weight is 571 g/mol. The van der Waals surface area contributed by atoms with Crippen LogP contribution in [0.3, 0.4) is 0 Å². The van der Waals surface area contributed by atoms with E-state index < -0.39 is 17.3 Å². The van der Waals surface area contributed by atoms with Gasteiger partial charge >= 0.3 is 5.97 Å². The zero-order valence-electron chi connectivity index (χ0n) is 22.9. The first-order valence-corrected chi connectivity index (χ1v) is 14.2. The normalized spacial score (nSPS) is 11.9. The summed E-state index contributed by atoms with van der Waals surface area (Å²) >= 11 is 1.11. The topological polar surface area (TPSA) is 143 Å². The Balaban J connectivity index is 1.80. The molecule has 2 aromatic rings. The maximum absolute atomic E-state index is 12.9. The Kier molecular flexibility index (Phi) is 14.9. The summed E-state index contributed by atoms with van der Waals surface area (Å²) in [5, 5.41) is 10.3. The molecule has 40 heavy (non-hydrogen) atoms. The van der Waals surface area contributed by atoms with Crippen LogP contribution in [0.25, 0.3) is 0 Å². The van der Waals surface area contributed by atoms with Crippen molar-refractivity contribution in [3.8, 4) is 0 Å². The highest BCUT2D eigenvalue weighted by atomic mass is 32.2. The van der Waals surface area contributed by atoms with Crippen LogP contribution in [0.15, 0.2) is 60.7 Å². The fourth-order valence-corrected chi connectivity index (χ4v) is 4.82. The molecule has 216 valence electrons. The number of hydrogen-bond acceptors (Lipinski definition) is 7. The molecule has 4 N–H and O–H groups in total. The number of ether oxygens (including phenoxy) is 1. The van der Waals surface area contributed by atoms with Gasteiger partial charge in [-0.3, -0.25) is 24.0 Å². The fraction of sp³-hybridized carbons (Fsp3) is 0.414. The van der Waals surface area contributed by atoms with Crippen LogP contribution >= 0.6 is 11.8 Å². The Hall–Kier alpha value is -3.86. The van der Waals surface area contributed by atoms with Gasteiger partial charge in [0.2, 0.25) is 23.6 Å². The van der Waals surface area contributed by atoms with Crippen LogP contribution < -0.4 is 21.3 Å². The number of amides is 4. The monoisotopic (exact) mass is 570 g/mol. The van der Waals surface area contributed by atoms with E-state index in [9.17, 15) is 24.0 Å². The highest BCUT2D eigenvalue weighted by Gasteiger charge is 2.27. The van der Waals surface area contributed by atoms with Gasteiger partial charge in [-0.2, -0.15) is 0 Å². The Morgan fingerprint density at radius 3 is 2.17 bits per heavy atom. The Morgan fingerprint density at radius 1 is 0.850 bits per heavy atom. The van der Waals surface area contributed by atoms with Crippen molar-refractivity contribution in [2.45, 2.75) is 56.9 Å². The molecule has 0 fully saturated rings. The molecule has 0 aliphatic heterocycles.